The molecule has 0 spiro atoms. The number of furan rings is 1. The summed E-state index contributed by atoms with van der Waals surface area (Å²) in [5.74, 6) is 0.646. The van der Waals surface area contributed by atoms with Gasteiger partial charge in [0.2, 0.25) is 11.8 Å². The Kier molecular flexibility index (Phi) is 3.32. The highest BCUT2D eigenvalue weighted by Crippen LogP contribution is 2.45. The molecule has 1 aliphatic heterocycles. The Bertz CT molecular complexity index is 1020. The number of nitrogens with zero attached hydrogens (tertiary/aromatic N) is 2. The van der Waals surface area contributed by atoms with E-state index in [0.717, 1.165) is 0 Å². The molecule has 0 radical (unpaired) electrons. The zero-order valence-corrected chi connectivity index (χ0v) is 13.2. The lowest BCUT2D eigenvalue weighted by atomic mass is 9.86. The Labute approximate surface area is 142 Å². The monoisotopic (exact) mass is 336 g/mol. The Morgan fingerprint density at radius 1 is 1.24 bits per heavy atom. The van der Waals surface area contributed by atoms with Crippen molar-refractivity contribution in [2.45, 2.75) is 12.8 Å². The van der Waals surface area contributed by atoms with Gasteiger partial charge in [0.1, 0.15) is 29.0 Å². The first kappa shape index (κ1) is 15.0. The molecule has 1 atom stereocenters. The average Bonchev–Trinajstić information content (AvgIpc) is 3.20. The first-order chi connectivity index (χ1) is 12.1. The van der Waals surface area contributed by atoms with Gasteiger partial charge in [-0.1, -0.05) is 0 Å². The van der Waals surface area contributed by atoms with Gasteiger partial charge in [-0.25, -0.2) is 4.39 Å². The van der Waals surface area contributed by atoms with Crippen molar-refractivity contribution in [2.24, 2.45) is 5.73 Å². The summed E-state index contributed by atoms with van der Waals surface area (Å²) in [6.07, 6.45) is 0. The summed E-state index contributed by atoms with van der Waals surface area (Å²) in [6.45, 7) is 1.82. The zero-order chi connectivity index (χ0) is 17.6. The molecule has 2 aromatic heterocycles. The fraction of sp³-hybridized carbons (Fsp3) is 0.111. The number of aromatic amines is 1. The molecule has 0 saturated carbocycles. The number of fused-ring (bicyclic) bond motifs is 1. The van der Waals surface area contributed by atoms with Gasteiger partial charge in [-0.3, -0.25) is 5.10 Å². The number of halogens is 1. The number of nitriles is 1. The van der Waals surface area contributed by atoms with Crippen molar-refractivity contribution < 1.29 is 13.5 Å². The second-order valence-corrected chi connectivity index (χ2v) is 5.70. The van der Waals surface area contributed by atoms with Crippen molar-refractivity contribution in [3.8, 4) is 23.2 Å². The minimum atomic E-state index is -0.554. The van der Waals surface area contributed by atoms with Crippen molar-refractivity contribution in [3.63, 3.8) is 0 Å². The van der Waals surface area contributed by atoms with Gasteiger partial charge in [0.25, 0.3) is 0 Å². The first-order valence-corrected chi connectivity index (χ1v) is 7.56. The predicted molar refractivity (Wildman–Crippen MR) is 86.7 cm³/mol. The van der Waals surface area contributed by atoms with Gasteiger partial charge >= 0.3 is 0 Å². The average molecular weight is 336 g/mol. The maximum Gasteiger partial charge on any atom is 0.244 e. The van der Waals surface area contributed by atoms with Gasteiger partial charge in [-0.05, 0) is 43.3 Å². The van der Waals surface area contributed by atoms with Crippen molar-refractivity contribution in [2.75, 3.05) is 0 Å². The molecule has 0 unspecified atom stereocenters. The predicted octanol–water partition coefficient (Wildman–Crippen LogP) is 3.34. The quantitative estimate of drug-likeness (QED) is 0.747. The Morgan fingerprint density at radius 3 is 2.64 bits per heavy atom. The summed E-state index contributed by atoms with van der Waals surface area (Å²) in [5, 5.41) is 16.6. The van der Waals surface area contributed by atoms with E-state index in [1.807, 2.05) is 13.0 Å². The molecule has 25 heavy (non-hydrogen) atoms. The largest absolute Gasteiger partial charge is 0.465 e. The molecule has 3 heterocycles. The lowest BCUT2D eigenvalue weighted by molar-refractivity contribution is 0.369. The molecule has 0 aliphatic carbocycles. The fourth-order valence-corrected chi connectivity index (χ4v) is 2.97. The third kappa shape index (κ3) is 2.35. The highest BCUT2D eigenvalue weighted by molar-refractivity contribution is 5.70. The molecule has 3 aromatic rings. The molecule has 3 N–H and O–H groups in total. The van der Waals surface area contributed by atoms with Crippen molar-refractivity contribution in [1.82, 2.24) is 10.2 Å². The maximum atomic E-state index is 13.2. The van der Waals surface area contributed by atoms with E-state index in [4.69, 9.17) is 14.9 Å². The Balaban J connectivity index is 1.94. The van der Waals surface area contributed by atoms with Crippen molar-refractivity contribution >= 4 is 0 Å². The van der Waals surface area contributed by atoms with Crippen LogP contribution >= 0.6 is 0 Å². The van der Waals surface area contributed by atoms with E-state index >= 15 is 0 Å². The summed E-state index contributed by atoms with van der Waals surface area (Å²) in [6, 6.07) is 11.7. The number of benzene rings is 1. The zero-order valence-electron chi connectivity index (χ0n) is 13.2. The maximum absolute atomic E-state index is 13.2. The molecule has 7 heteroatoms. The summed E-state index contributed by atoms with van der Waals surface area (Å²) in [7, 11) is 0. The molecule has 0 bridgehead atoms. The van der Waals surface area contributed by atoms with Crippen LogP contribution in [-0.2, 0) is 0 Å². The molecule has 4 rings (SSSR count). The fourth-order valence-electron chi connectivity index (χ4n) is 2.97. The molecule has 124 valence electrons. The minimum absolute atomic E-state index is 0.00814. The number of aryl methyl sites for hydroxylation is 1. The third-order valence-electron chi connectivity index (χ3n) is 4.12. The number of nitrogens with one attached hydrogen (secondary N) is 1. The van der Waals surface area contributed by atoms with Gasteiger partial charge in [0, 0.05) is 5.56 Å². The van der Waals surface area contributed by atoms with Gasteiger partial charge in [0.05, 0.1) is 17.2 Å². The van der Waals surface area contributed by atoms with Crippen LogP contribution in [0.25, 0.3) is 11.3 Å². The van der Waals surface area contributed by atoms with E-state index in [1.165, 1.54) is 12.1 Å². The summed E-state index contributed by atoms with van der Waals surface area (Å²) >= 11 is 0. The normalized spacial score (nSPS) is 16.3. The number of aromatic nitrogens is 2. The van der Waals surface area contributed by atoms with Crippen LogP contribution in [0, 0.1) is 24.1 Å². The first-order valence-electron chi connectivity index (χ1n) is 7.56. The second-order valence-electron chi connectivity index (χ2n) is 5.70. The Hall–Kier alpha value is -3.53. The van der Waals surface area contributed by atoms with Gasteiger partial charge in [-0.2, -0.15) is 5.26 Å². The topological polar surface area (TPSA) is 101 Å². The minimum Gasteiger partial charge on any atom is -0.465 e. The van der Waals surface area contributed by atoms with E-state index in [2.05, 4.69) is 16.3 Å². The van der Waals surface area contributed by atoms with Crippen LogP contribution in [0.2, 0.25) is 0 Å². The van der Waals surface area contributed by atoms with Crippen LogP contribution in [0.1, 0.15) is 23.0 Å². The number of allylic oxidation sites excluding steroid dienone is 1. The number of nitrogens with two attached hydrogens (primary N) is 1. The SMILES string of the molecule is Cc1ccc([C@@H]2C(C#N)=C(N)Oc3n[nH]c(-c4ccc(F)cc4)c32)o1. The van der Waals surface area contributed by atoms with Gasteiger partial charge < -0.3 is 14.9 Å². The molecular formula is C18H13FN4O2. The highest BCUT2D eigenvalue weighted by Gasteiger charge is 2.37. The lowest BCUT2D eigenvalue weighted by Crippen LogP contribution is -2.20. The standard InChI is InChI=1S/C18H13FN4O2/c1-9-2-7-13(24-9)14-12(8-20)17(21)25-18-15(14)16(22-23-18)10-3-5-11(19)6-4-10/h2-7,14H,21H2,1H3,(H,22,23)/t14-/m0/s1. The number of H-pyrrole nitrogens is 1. The Morgan fingerprint density at radius 2 is 2.00 bits per heavy atom. The van der Waals surface area contributed by atoms with Crippen molar-refractivity contribution in [1.29, 1.82) is 5.26 Å². The molecule has 0 amide bonds. The van der Waals surface area contributed by atoms with Crippen LogP contribution in [0.5, 0.6) is 5.88 Å². The number of hydrogen-bond acceptors (Lipinski definition) is 5. The van der Waals surface area contributed by atoms with E-state index in [-0.39, 0.29) is 23.2 Å². The van der Waals surface area contributed by atoms with Crippen molar-refractivity contribution in [3.05, 3.63) is 70.8 Å². The van der Waals surface area contributed by atoms with E-state index in [1.54, 1.807) is 18.2 Å². The van der Waals surface area contributed by atoms with E-state index in [9.17, 15) is 9.65 Å². The summed E-state index contributed by atoms with van der Waals surface area (Å²) < 4.78 is 24.5. The molecule has 1 aliphatic rings. The summed E-state index contributed by atoms with van der Waals surface area (Å²) in [5.41, 5.74) is 8.10. The van der Waals surface area contributed by atoms with Crippen LogP contribution in [0.4, 0.5) is 4.39 Å². The number of hydrogen-bond donors (Lipinski definition) is 2. The van der Waals surface area contributed by atoms with Crippen LogP contribution in [-0.4, -0.2) is 10.2 Å². The van der Waals surface area contributed by atoms with Gasteiger partial charge in [-0.15, -0.1) is 5.10 Å². The molecule has 1 aromatic carbocycles. The highest BCUT2D eigenvalue weighted by atomic mass is 19.1. The molecule has 6 nitrogen and oxygen atoms in total. The number of ether oxygens (including phenoxy) is 1. The van der Waals surface area contributed by atoms with Crippen LogP contribution < -0.4 is 10.5 Å². The van der Waals surface area contributed by atoms with E-state index in [0.29, 0.717) is 28.3 Å². The second kappa shape index (κ2) is 5.53. The smallest absolute Gasteiger partial charge is 0.244 e. The molecular weight excluding hydrogens is 323 g/mol. The lowest BCUT2D eigenvalue weighted by Gasteiger charge is -2.22. The summed E-state index contributed by atoms with van der Waals surface area (Å²) in [4.78, 5) is 0. The molecule has 0 saturated heterocycles. The molecule has 0 fully saturated rings. The third-order valence-corrected chi connectivity index (χ3v) is 4.12. The van der Waals surface area contributed by atoms with Gasteiger partial charge in [0.15, 0.2) is 0 Å². The van der Waals surface area contributed by atoms with E-state index < -0.39 is 5.92 Å². The van der Waals surface area contributed by atoms with Crippen LogP contribution in [0.15, 0.2) is 52.3 Å². The number of rotatable bonds is 2. The van der Waals surface area contributed by atoms with Crippen LogP contribution in [0.3, 0.4) is 0 Å².